The molecule has 0 aliphatic carbocycles. The molecule has 92 valence electrons. The summed E-state index contributed by atoms with van der Waals surface area (Å²) in [6.45, 7) is 12.2. The number of hydrogen-bond acceptors (Lipinski definition) is 3. The lowest BCUT2D eigenvalue weighted by Gasteiger charge is -2.31. The summed E-state index contributed by atoms with van der Waals surface area (Å²) in [6, 6.07) is 0. The van der Waals surface area contributed by atoms with E-state index in [2.05, 4.69) is 0 Å². The van der Waals surface area contributed by atoms with Crippen LogP contribution in [0.5, 0.6) is 0 Å². The number of rotatable bonds is 4. The van der Waals surface area contributed by atoms with Gasteiger partial charge in [0.1, 0.15) is 6.61 Å². The molecule has 0 radical (unpaired) electrons. The summed E-state index contributed by atoms with van der Waals surface area (Å²) < 4.78 is 5.15. The van der Waals surface area contributed by atoms with Crippen molar-refractivity contribution in [1.29, 1.82) is 0 Å². The summed E-state index contributed by atoms with van der Waals surface area (Å²) in [6.07, 6.45) is 0. The Morgan fingerprint density at radius 2 is 1.67 bits per heavy atom. The molecule has 0 amide bonds. The Balaban J connectivity index is 0. The third-order valence-electron chi connectivity index (χ3n) is 2.25. The van der Waals surface area contributed by atoms with Gasteiger partial charge in [-0.05, 0) is 27.9 Å². The minimum atomic E-state index is -0.130. The maximum Gasteiger partial charge on any atom is 0.308 e. The zero-order chi connectivity index (χ0) is 12.6. The maximum atomic E-state index is 11.2. The zero-order valence-electron chi connectivity index (χ0n) is 11.5. The van der Waals surface area contributed by atoms with E-state index in [9.17, 15) is 4.79 Å². The molecule has 3 heteroatoms. The predicted molar refractivity (Wildman–Crippen MR) is 64.9 cm³/mol. The van der Waals surface area contributed by atoms with Gasteiger partial charge in [0.05, 0.1) is 5.92 Å². The summed E-state index contributed by atoms with van der Waals surface area (Å²) in [7, 11) is 3.95. The molecule has 0 saturated heterocycles. The molecule has 0 fully saturated rings. The lowest BCUT2D eigenvalue weighted by molar-refractivity contribution is -0.150. The average molecular weight is 217 g/mol. The maximum absolute atomic E-state index is 11.2. The second-order valence-corrected chi connectivity index (χ2v) is 4.47. The molecule has 0 rings (SSSR count). The number of nitrogens with zero attached hydrogens (tertiary/aromatic N) is 1. The van der Waals surface area contributed by atoms with Crippen LogP contribution >= 0.6 is 0 Å². The van der Waals surface area contributed by atoms with Crippen molar-refractivity contribution in [3.63, 3.8) is 0 Å². The van der Waals surface area contributed by atoms with Crippen molar-refractivity contribution in [3.8, 4) is 0 Å². The summed E-state index contributed by atoms with van der Waals surface area (Å²) >= 11 is 0. The lowest BCUT2D eigenvalue weighted by atomic mass is 10.1. The molecule has 0 spiro atoms. The number of likely N-dealkylation sites (N-methyl/N-ethyl adjacent to an activating group) is 1. The molecule has 0 aromatic rings. The molecule has 0 atom stereocenters. The highest BCUT2D eigenvalue weighted by Crippen LogP contribution is 2.11. The van der Waals surface area contributed by atoms with Crippen LogP contribution in [0.2, 0.25) is 0 Å². The van der Waals surface area contributed by atoms with Crippen LogP contribution < -0.4 is 0 Å². The number of esters is 1. The van der Waals surface area contributed by atoms with Gasteiger partial charge in [-0.15, -0.1) is 0 Å². The van der Waals surface area contributed by atoms with E-state index in [4.69, 9.17) is 4.74 Å². The van der Waals surface area contributed by atoms with Gasteiger partial charge in [-0.2, -0.15) is 0 Å². The highest BCUT2D eigenvalue weighted by atomic mass is 16.5. The van der Waals surface area contributed by atoms with Crippen molar-refractivity contribution in [3.05, 3.63) is 0 Å². The molecule has 0 unspecified atom stereocenters. The van der Waals surface area contributed by atoms with Crippen LogP contribution in [-0.2, 0) is 9.53 Å². The topological polar surface area (TPSA) is 29.5 Å². The third kappa shape index (κ3) is 7.37. The smallest absolute Gasteiger partial charge is 0.308 e. The molecule has 0 aromatic heterocycles. The third-order valence-corrected chi connectivity index (χ3v) is 2.25. The molecule has 3 nitrogen and oxygen atoms in total. The second-order valence-electron chi connectivity index (χ2n) is 4.47. The summed E-state index contributed by atoms with van der Waals surface area (Å²) in [5, 5.41) is 0. The SMILES string of the molecule is CC.CC(C)C(=O)OCC(C)(C)N(C)C. The van der Waals surface area contributed by atoms with Crippen molar-refractivity contribution in [2.75, 3.05) is 20.7 Å². The first-order valence-corrected chi connectivity index (χ1v) is 5.61. The van der Waals surface area contributed by atoms with Crippen LogP contribution in [0, 0.1) is 5.92 Å². The molecular weight excluding hydrogens is 190 g/mol. The monoisotopic (exact) mass is 217 g/mol. The van der Waals surface area contributed by atoms with Crippen LogP contribution in [-0.4, -0.2) is 37.1 Å². The average Bonchev–Trinajstić information content (AvgIpc) is 2.17. The van der Waals surface area contributed by atoms with E-state index in [1.807, 2.05) is 60.5 Å². The standard InChI is InChI=1S/C10H21NO2.C2H6/c1-8(2)9(12)13-7-10(3,4)11(5)6;1-2/h8H,7H2,1-6H3;1-2H3. The molecule has 0 aliphatic heterocycles. The fourth-order valence-corrected chi connectivity index (χ4v) is 0.544. The van der Waals surface area contributed by atoms with Crippen molar-refractivity contribution >= 4 is 5.97 Å². The van der Waals surface area contributed by atoms with Crippen LogP contribution in [0.3, 0.4) is 0 Å². The van der Waals surface area contributed by atoms with Crippen LogP contribution in [0.25, 0.3) is 0 Å². The van der Waals surface area contributed by atoms with E-state index in [1.54, 1.807) is 0 Å². The largest absolute Gasteiger partial charge is 0.464 e. The van der Waals surface area contributed by atoms with E-state index in [-0.39, 0.29) is 17.4 Å². The van der Waals surface area contributed by atoms with Gasteiger partial charge in [0.25, 0.3) is 0 Å². The molecule has 0 aromatic carbocycles. The zero-order valence-corrected chi connectivity index (χ0v) is 11.5. The van der Waals surface area contributed by atoms with E-state index in [0.717, 1.165) is 0 Å². The number of carbonyl (C=O) groups is 1. The Morgan fingerprint density at radius 3 is 1.93 bits per heavy atom. The van der Waals surface area contributed by atoms with Gasteiger partial charge in [0, 0.05) is 5.54 Å². The Hall–Kier alpha value is -0.570. The molecule has 0 N–H and O–H groups in total. The van der Waals surface area contributed by atoms with Crippen LogP contribution in [0.15, 0.2) is 0 Å². The van der Waals surface area contributed by atoms with Gasteiger partial charge in [0.2, 0.25) is 0 Å². The van der Waals surface area contributed by atoms with E-state index < -0.39 is 0 Å². The number of hydrogen-bond donors (Lipinski definition) is 0. The normalized spacial score (nSPS) is 11.1. The first-order valence-electron chi connectivity index (χ1n) is 5.61. The van der Waals surface area contributed by atoms with Gasteiger partial charge in [-0.1, -0.05) is 27.7 Å². The highest BCUT2D eigenvalue weighted by molar-refractivity contribution is 5.71. The van der Waals surface area contributed by atoms with Crippen LogP contribution in [0.1, 0.15) is 41.5 Å². The summed E-state index contributed by atoms with van der Waals surface area (Å²) in [4.78, 5) is 13.2. The molecule has 0 heterocycles. The fraction of sp³-hybridized carbons (Fsp3) is 0.917. The molecule has 0 aliphatic rings. The Morgan fingerprint density at radius 1 is 1.27 bits per heavy atom. The number of carbonyl (C=O) groups excluding carboxylic acids is 1. The molecular formula is C12H27NO2. The van der Waals surface area contributed by atoms with Gasteiger partial charge in [-0.25, -0.2) is 0 Å². The van der Waals surface area contributed by atoms with Gasteiger partial charge < -0.3 is 9.64 Å². The minimum absolute atomic E-state index is 0.0436. The van der Waals surface area contributed by atoms with E-state index >= 15 is 0 Å². The number of ether oxygens (including phenoxy) is 1. The Kier molecular flexibility index (Phi) is 8.63. The minimum Gasteiger partial charge on any atom is -0.464 e. The van der Waals surface area contributed by atoms with E-state index in [0.29, 0.717) is 6.61 Å². The molecule has 0 saturated carbocycles. The summed E-state index contributed by atoms with van der Waals surface area (Å²) in [5.74, 6) is -0.173. The van der Waals surface area contributed by atoms with Gasteiger partial charge in [0.15, 0.2) is 0 Å². The molecule has 0 bridgehead atoms. The van der Waals surface area contributed by atoms with Crippen LogP contribution in [0.4, 0.5) is 0 Å². The van der Waals surface area contributed by atoms with Crippen molar-refractivity contribution in [1.82, 2.24) is 4.90 Å². The first kappa shape index (κ1) is 16.8. The lowest BCUT2D eigenvalue weighted by Crippen LogP contribution is -2.43. The fourth-order valence-electron chi connectivity index (χ4n) is 0.544. The van der Waals surface area contributed by atoms with E-state index in [1.165, 1.54) is 0 Å². The second kappa shape index (κ2) is 7.69. The molecule has 15 heavy (non-hydrogen) atoms. The predicted octanol–water partition coefficient (Wildman–Crippen LogP) is 2.55. The van der Waals surface area contributed by atoms with Gasteiger partial charge in [-0.3, -0.25) is 4.79 Å². The van der Waals surface area contributed by atoms with Crippen molar-refractivity contribution in [2.24, 2.45) is 5.92 Å². The van der Waals surface area contributed by atoms with Crippen molar-refractivity contribution < 1.29 is 9.53 Å². The quantitative estimate of drug-likeness (QED) is 0.678. The first-order chi connectivity index (χ1) is 6.77. The highest BCUT2D eigenvalue weighted by Gasteiger charge is 2.23. The van der Waals surface area contributed by atoms with Gasteiger partial charge >= 0.3 is 5.97 Å². The van der Waals surface area contributed by atoms with Crippen molar-refractivity contribution in [2.45, 2.75) is 47.1 Å². The summed E-state index contributed by atoms with van der Waals surface area (Å²) in [5.41, 5.74) is -0.0927. The Bertz CT molecular complexity index is 174. The Labute approximate surface area is 94.8 Å².